The normalized spacial score (nSPS) is 12.9. The molecule has 0 radical (unpaired) electrons. The van der Waals surface area contributed by atoms with Crippen LogP contribution in [0.4, 0.5) is 0 Å². The number of quaternary nitrogens is 1. The van der Waals surface area contributed by atoms with Gasteiger partial charge in [-0.2, -0.15) is 4.59 Å². The van der Waals surface area contributed by atoms with E-state index in [0.717, 1.165) is 6.54 Å². The van der Waals surface area contributed by atoms with Gasteiger partial charge in [0.2, 0.25) is 0 Å². The number of hydrogen-bond acceptors (Lipinski definition) is 1. The summed E-state index contributed by atoms with van der Waals surface area (Å²) >= 11 is 0. The first kappa shape index (κ1) is 10.7. The summed E-state index contributed by atoms with van der Waals surface area (Å²) in [6, 6.07) is 10.3. The Morgan fingerprint density at radius 1 is 1.29 bits per heavy atom. The fourth-order valence-corrected chi connectivity index (χ4v) is 1.49. The number of nitrogens with two attached hydrogens (primary N) is 1. The molecule has 0 saturated carbocycles. The molecule has 0 heterocycles. The number of benzene rings is 1. The Morgan fingerprint density at radius 2 is 1.86 bits per heavy atom. The van der Waals surface area contributed by atoms with Gasteiger partial charge < -0.3 is 5.73 Å². The van der Waals surface area contributed by atoms with Crippen molar-refractivity contribution in [3.05, 3.63) is 35.9 Å². The van der Waals surface area contributed by atoms with Crippen LogP contribution >= 0.6 is 0 Å². The van der Waals surface area contributed by atoms with Crippen molar-refractivity contribution in [1.82, 2.24) is 0 Å². The smallest absolute Gasteiger partial charge is 0.152 e. The molecule has 0 bridgehead atoms. The van der Waals surface area contributed by atoms with Gasteiger partial charge in [-0.1, -0.05) is 35.4 Å². The molecule has 1 aromatic carbocycles. The summed E-state index contributed by atoms with van der Waals surface area (Å²) in [5, 5.41) is 4.34. The van der Waals surface area contributed by atoms with Crippen LogP contribution in [0.1, 0.15) is 12.5 Å². The van der Waals surface area contributed by atoms with E-state index in [1.165, 1.54) is 5.56 Å². The highest BCUT2D eigenvalue weighted by Gasteiger charge is 2.14. The molecule has 14 heavy (non-hydrogen) atoms. The fourth-order valence-electron chi connectivity index (χ4n) is 1.49. The van der Waals surface area contributed by atoms with E-state index < -0.39 is 0 Å². The average molecular weight is 192 g/mol. The molecule has 0 saturated heterocycles. The molecular formula is C11H18N3+. The Morgan fingerprint density at radius 3 is 2.36 bits per heavy atom. The fraction of sp³-hybridized carbons (Fsp3) is 0.364. The van der Waals surface area contributed by atoms with Gasteiger partial charge in [-0.3, -0.25) is 0 Å². The van der Waals surface area contributed by atoms with Gasteiger partial charge in [0, 0.05) is 5.56 Å². The lowest BCUT2D eigenvalue weighted by Crippen LogP contribution is -2.34. The van der Waals surface area contributed by atoms with E-state index >= 15 is 0 Å². The molecule has 3 nitrogen and oxygen atoms in total. The molecule has 2 N–H and O–H groups in total. The van der Waals surface area contributed by atoms with Crippen LogP contribution in [-0.4, -0.2) is 24.5 Å². The molecule has 0 aliphatic rings. The summed E-state index contributed by atoms with van der Waals surface area (Å²) in [5.41, 5.74) is 6.83. The van der Waals surface area contributed by atoms with Gasteiger partial charge in [-0.25, -0.2) is 0 Å². The molecule has 3 heteroatoms. The number of rotatable bonds is 3. The number of amidine groups is 1. The van der Waals surface area contributed by atoms with E-state index in [-0.39, 0.29) is 0 Å². The second-order valence-corrected chi connectivity index (χ2v) is 4.01. The summed E-state index contributed by atoms with van der Waals surface area (Å²) < 4.78 is 0.534. The molecule has 0 aliphatic heterocycles. The molecule has 0 unspecified atom stereocenters. The Hall–Kier alpha value is -1.35. The molecular weight excluding hydrogens is 174 g/mol. The van der Waals surface area contributed by atoms with Crippen molar-refractivity contribution in [2.45, 2.75) is 13.5 Å². The molecule has 0 aromatic heterocycles. The second kappa shape index (κ2) is 4.24. The maximum atomic E-state index is 5.57. The zero-order valence-electron chi connectivity index (χ0n) is 9.07. The predicted octanol–water partition coefficient (Wildman–Crippen LogP) is 1.56. The maximum Gasteiger partial charge on any atom is 0.152 e. The first-order valence-corrected chi connectivity index (χ1v) is 4.69. The molecule has 0 aliphatic carbocycles. The van der Waals surface area contributed by atoms with E-state index in [4.69, 9.17) is 5.73 Å². The van der Waals surface area contributed by atoms with Crippen molar-refractivity contribution in [3.63, 3.8) is 0 Å². The van der Waals surface area contributed by atoms with Crippen LogP contribution in [0.15, 0.2) is 35.4 Å². The lowest BCUT2D eigenvalue weighted by Gasteiger charge is -2.22. The van der Waals surface area contributed by atoms with Crippen LogP contribution in [0.5, 0.6) is 0 Å². The average Bonchev–Trinajstić information content (AvgIpc) is 2.02. The molecule has 0 spiro atoms. The Labute approximate surface area is 85.4 Å². The van der Waals surface area contributed by atoms with Crippen LogP contribution in [0, 0.1) is 0 Å². The maximum absolute atomic E-state index is 5.57. The topological polar surface area (TPSA) is 38.4 Å². The van der Waals surface area contributed by atoms with Crippen molar-refractivity contribution >= 4 is 5.84 Å². The molecule has 0 fully saturated rings. The highest BCUT2D eigenvalue weighted by molar-refractivity contribution is 5.76. The van der Waals surface area contributed by atoms with E-state index in [2.05, 4.69) is 17.2 Å². The predicted molar refractivity (Wildman–Crippen MR) is 59.6 cm³/mol. The summed E-state index contributed by atoms with van der Waals surface area (Å²) in [5.74, 6) is 0.617. The summed E-state index contributed by atoms with van der Waals surface area (Å²) in [6.07, 6.45) is 0. The van der Waals surface area contributed by atoms with Gasteiger partial charge in [-0.15, -0.1) is 0 Å². The lowest BCUT2D eigenvalue weighted by atomic mass is 10.2. The van der Waals surface area contributed by atoms with Gasteiger partial charge in [0.15, 0.2) is 5.84 Å². The van der Waals surface area contributed by atoms with E-state index in [9.17, 15) is 0 Å². The molecule has 0 atom stereocenters. The van der Waals surface area contributed by atoms with E-state index in [1.54, 1.807) is 0 Å². The third kappa shape index (κ3) is 3.58. The minimum Gasteiger partial charge on any atom is -0.383 e. The first-order chi connectivity index (χ1) is 6.49. The van der Waals surface area contributed by atoms with Crippen molar-refractivity contribution < 1.29 is 4.59 Å². The summed E-state index contributed by atoms with van der Waals surface area (Å²) in [7, 11) is 4.06. The lowest BCUT2D eigenvalue weighted by molar-refractivity contribution is -0.910. The van der Waals surface area contributed by atoms with Crippen LogP contribution in [0.2, 0.25) is 0 Å². The standard InChI is InChI=1S/C11H18N3/c1-10(12)13-14(2,3)9-11-7-5-4-6-8-11/h4-8H,9H2,1-3H3,(H2,12,13)/q+1. The third-order valence-electron chi connectivity index (χ3n) is 1.84. The zero-order valence-corrected chi connectivity index (χ0v) is 9.07. The Kier molecular flexibility index (Phi) is 3.25. The van der Waals surface area contributed by atoms with Crippen molar-refractivity contribution in [2.24, 2.45) is 10.8 Å². The minimum atomic E-state index is 0.534. The number of hydrogen-bond donors (Lipinski definition) is 1. The van der Waals surface area contributed by atoms with Gasteiger partial charge in [-0.05, 0) is 6.92 Å². The van der Waals surface area contributed by atoms with Crippen LogP contribution in [0.3, 0.4) is 0 Å². The van der Waals surface area contributed by atoms with Gasteiger partial charge in [0.05, 0.1) is 14.1 Å². The summed E-state index contributed by atoms with van der Waals surface area (Å²) in [6.45, 7) is 2.67. The second-order valence-electron chi connectivity index (χ2n) is 4.01. The molecule has 1 aromatic rings. The quantitative estimate of drug-likeness (QED) is 0.335. The van der Waals surface area contributed by atoms with Crippen LogP contribution < -0.4 is 5.73 Å². The minimum absolute atomic E-state index is 0.534. The van der Waals surface area contributed by atoms with Crippen LogP contribution in [0.25, 0.3) is 0 Å². The van der Waals surface area contributed by atoms with E-state index in [0.29, 0.717) is 10.4 Å². The highest BCUT2D eigenvalue weighted by atomic mass is 15.6. The molecule has 76 valence electrons. The van der Waals surface area contributed by atoms with Gasteiger partial charge >= 0.3 is 0 Å². The first-order valence-electron chi connectivity index (χ1n) is 4.69. The SMILES string of the molecule is C/C(N)=N/[N+](C)(C)Cc1ccccc1. The monoisotopic (exact) mass is 192 g/mol. The van der Waals surface area contributed by atoms with Crippen molar-refractivity contribution in [3.8, 4) is 0 Å². The third-order valence-corrected chi connectivity index (χ3v) is 1.84. The van der Waals surface area contributed by atoms with Gasteiger partial charge in [0.25, 0.3) is 0 Å². The van der Waals surface area contributed by atoms with Gasteiger partial charge in [0.1, 0.15) is 6.54 Å². The zero-order chi connectivity index (χ0) is 10.6. The Bertz CT molecular complexity index is 311. The highest BCUT2D eigenvalue weighted by Crippen LogP contribution is 2.09. The van der Waals surface area contributed by atoms with Crippen molar-refractivity contribution in [2.75, 3.05) is 14.1 Å². The molecule has 1 rings (SSSR count). The van der Waals surface area contributed by atoms with Crippen LogP contribution in [-0.2, 0) is 6.54 Å². The van der Waals surface area contributed by atoms with E-state index in [1.807, 2.05) is 39.2 Å². The Balaban J connectivity index is 2.74. The van der Waals surface area contributed by atoms with Crippen molar-refractivity contribution in [1.29, 1.82) is 0 Å². The number of nitrogens with zero attached hydrogens (tertiary/aromatic N) is 2. The summed E-state index contributed by atoms with van der Waals surface area (Å²) in [4.78, 5) is 0. The largest absolute Gasteiger partial charge is 0.383 e. The molecule has 0 amide bonds.